The van der Waals surface area contributed by atoms with E-state index in [1.165, 1.54) is 12.1 Å². The predicted molar refractivity (Wildman–Crippen MR) is 125 cm³/mol. The molecule has 2 aromatic rings. The molecule has 1 aliphatic heterocycles. The smallest absolute Gasteiger partial charge is 0.275 e. The van der Waals surface area contributed by atoms with Crippen LogP contribution in [0.4, 0.5) is 4.39 Å². The highest BCUT2D eigenvalue weighted by Crippen LogP contribution is 2.48. The van der Waals surface area contributed by atoms with Gasteiger partial charge in [0.15, 0.2) is 0 Å². The number of hydrogen-bond acceptors (Lipinski definition) is 3. The van der Waals surface area contributed by atoms with Gasteiger partial charge in [0.2, 0.25) is 0 Å². The summed E-state index contributed by atoms with van der Waals surface area (Å²) >= 11 is 6.03. The Morgan fingerprint density at radius 2 is 1.84 bits per heavy atom. The zero-order chi connectivity index (χ0) is 23.0. The highest BCUT2D eigenvalue weighted by atomic mass is 35.5. The van der Waals surface area contributed by atoms with Crippen LogP contribution in [0, 0.1) is 17.7 Å². The van der Waals surface area contributed by atoms with E-state index >= 15 is 0 Å². The van der Waals surface area contributed by atoms with Crippen molar-refractivity contribution in [1.29, 1.82) is 0 Å². The summed E-state index contributed by atoms with van der Waals surface area (Å²) < 4.78 is 13.8. The first-order chi connectivity index (χ1) is 15.3. The molecule has 1 amide bonds. The number of hydrogen-bond donors (Lipinski definition) is 0. The summed E-state index contributed by atoms with van der Waals surface area (Å²) in [6.07, 6.45) is 4.19. The van der Waals surface area contributed by atoms with E-state index in [1.807, 2.05) is 17.0 Å². The summed E-state index contributed by atoms with van der Waals surface area (Å²) in [5, 5.41) is -0.0210. The Bertz CT molecular complexity index is 1060. The summed E-state index contributed by atoms with van der Waals surface area (Å²) in [5.41, 5.74) is 1.82. The Labute approximate surface area is 193 Å². The quantitative estimate of drug-likeness (QED) is 0.503. The van der Waals surface area contributed by atoms with Gasteiger partial charge in [0.05, 0.1) is 11.1 Å². The molecule has 32 heavy (non-hydrogen) atoms. The van der Waals surface area contributed by atoms with E-state index in [9.17, 15) is 14.0 Å². The van der Waals surface area contributed by atoms with Crippen LogP contribution in [0.15, 0.2) is 47.5 Å². The van der Waals surface area contributed by atoms with Gasteiger partial charge in [-0.25, -0.2) is 4.39 Å². The van der Waals surface area contributed by atoms with Crippen molar-refractivity contribution in [2.45, 2.75) is 58.2 Å². The minimum absolute atomic E-state index is 0.0210. The van der Waals surface area contributed by atoms with Gasteiger partial charge >= 0.3 is 0 Å². The van der Waals surface area contributed by atoms with Crippen LogP contribution < -0.4 is 0 Å². The second-order valence-electron chi connectivity index (χ2n) is 9.31. The number of halogens is 2. The van der Waals surface area contributed by atoms with Crippen LogP contribution >= 0.6 is 11.6 Å². The number of carbonyl (C=O) groups is 2. The fraction of sp³-hybridized carbons (Fsp3) is 0.423. The lowest BCUT2D eigenvalue weighted by atomic mass is 9.75. The number of benzene rings is 2. The molecule has 1 aliphatic carbocycles. The van der Waals surface area contributed by atoms with E-state index < -0.39 is 11.5 Å². The molecule has 2 aromatic carbocycles. The average molecular weight is 455 g/mol. The SMILES string of the molecule is CCC(c1ccc(C=O)cc1)N1C(=O)C(c2ccc(F)c(Cl)c2)=NC12CC(C)CC(C)C2. The highest BCUT2D eigenvalue weighted by Gasteiger charge is 2.52. The fourth-order valence-corrected chi connectivity index (χ4v) is 5.76. The minimum Gasteiger partial charge on any atom is -0.305 e. The fourth-order valence-electron chi connectivity index (χ4n) is 5.58. The Morgan fingerprint density at radius 1 is 1.19 bits per heavy atom. The number of nitrogens with zero attached hydrogens (tertiary/aromatic N) is 2. The Morgan fingerprint density at radius 3 is 2.41 bits per heavy atom. The van der Waals surface area contributed by atoms with Crippen molar-refractivity contribution < 1.29 is 14.0 Å². The molecule has 1 fully saturated rings. The van der Waals surface area contributed by atoms with Crippen molar-refractivity contribution in [3.8, 4) is 0 Å². The van der Waals surface area contributed by atoms with Crippen molar-refractivity contribution in [2.75, 3.05) is 0 Å². The maximum Gasteiger partial charge on any atom is 0.275 e. The van der Waals surface area contributed by atoms with Gasteiger partial charge in [-0.2, -0.15) is 0 Å². The van der Waals surface area contributed by atoms with Crippen molar-refractivity contribution in [2.24, 2.45) is 16.8 Å². The van der Waals surface area contributed by atoms with E-state index in [-0.39, 0.29) is 17.0 Å². The summed E-state index contributed by atoms with van der Waals surface area (Å²) in [7, 11) is 0. The molecule has 0 N–H and O–H groups in total. The van der Waals surface area contributed by atoms with Crippen molar-refractivity contribution in [1.82, 2.24) is 4.90 Å². The van der Waals surface area contributed by atoms with Crippen molar-refractivity contribution in [3.63, 3.8) is 0 Å². The van der Waals surface area contributed by atoms with Crippen LogP contribution in [-0.2, 0) is 4.79 Å². The molecule has 0 saturated heterocycles. The average Bonchev–Trinajstić information content (AvgIpc) is 3.02. The van der Waals surface area contributed by atoms with Crippen molar-refractivity contribution in [3.05, 3.63) is 70.0 Å². The molecule has 3 atom stereocenters. The summed E-state index contributed by atoms with van der Waals surface area (Å²) in [6, 6.07) is 11.6. The van der Waals surface area contributed by atoms with Gasteiger partial charge in [0.1, 0.15) is 23.5 Å². The zero-order valence-electron chi connectivity index (χ0n) is 18.6. The zero-order valence-corrected chi connectivity index (χ0v) is 19.4. The first-order valence-electron chi connectivity index (χ1n) is 11.2. The van der Waals surface area contributed by atoms with E-state index in [1.54, 1.807) is 18.2 Å². The predicted octanol–water partition coefficient (Wildman–Crippen LogP) is 6.23. The van der Waals surface area contributed by atoms with Crippen LogP contribution in [0.2, 0.25) is 5.02 Å². The molecule has 1 heterocycles. The monoisotopic (exact) mass is 454 g/mol. The molecule has 4 nitrogen and oxygen atoms in total. The number of aliphatic imine (C=N–C) groups is 1. The third-order valence-corrected chi connectivity index (χ3v) is 6.98. The molecular weight excluding hydrogens is 427 g/mol. The molecule has 0 aromatic heterocycles. The van der Waals surface area contributed by atoms with Gasteiger partial charge in [-0.1, -0.05) is 56.6 Å². The number of aldehydes is 1. The van der Waals surface area contributed by atoms with Gasteiger partial charge < -0.3 is 4.90 Å². The normalized spacial score (nSPS) is 26.3. The maximum atomic E-state index is 13.9. The number of carbonyl (C=O) groups excluding carboxylic acids is 2. The van der Waals surface area contributed by atoms with E-state index in [0.29, 0.717) is 35.1 Å². The topological polar surface area (TPSA) is 49.7 Å². The standard InChI is InChI=1S/C26H28ClFN2O2/c1-4-23(19-7-5-18(15-31)6-8-19)30-25(32)24(20-9-10-22(28)21(27)12-20)29-26(30)13-16(2)11-17(3)14-26/h5-10,12,15-17,23H,4,11,13-14H2,1-3H3. The first-order valence-corrected chi connectivity index (χ1v) is 11.6. The second-order valence-corrected chi connectivity index (χ2v) is 9.72. The van der Waals surface area contributed by atoms with Gasteiger partial charge in [-0.15, -0.1) is 0 Å². The van der Waals surface area contributed by atoms with Crippen LogP contribution in [0.5, 0.6) is 0 Å². The molecule has 2 aliphatic rings. The van der Waals surface area contributed by atoms with E-state index in [2.05, 4.69) is 20.8 Å². The van der Waals surface area contributed by atoms with Gasteiger partial charge in [-0.05, 0) is 61.3 Å². The third-order valence-electron chi connectivity index (χ3n) is 6.69. The summed E-state index contributed by atoms with van der Waals surface area (Å²) in [4.78, 5) is 32.0. The highest BCUT2D eigenvalue weighted by molar-refractivity contribution is 6.47. The van der Waals surface area contributed by atoms with Crippen LogP contribution in [0.1, 0.15) is 74.0 Å². The lowest BCUT2D eigenvalue weighted by Gasteiger charge is -2.47. The molecule has 1 saturated carbocycles. The number of amides is 1. The Balaban J connectivity index is 1.82. The molecule has 6 heteroatoms. The lowest BCUT2D eigenvalue weighted by molar-refractivity contribution is -0.134. The largest absolute Gasteiger partial charge is 0.305 e. The first kappa shape index (κ1) is 22.7. The van der Waals surface area contributed by atoms with Gasteiger partial charge in [0, 0.05) is 11.1 Å². The Hall–Kier alpha value is -2.53. The maximum absolute atomic E-state index is 13.9. The van der Waals surface area contributed by atoms with Gasteiger partial charge in [0.25, 0.3) is 5.91 Å². The lowest BCUT2D eigenvalue weighted by Crippen LogP contribution is -2.52. The van der Waals surface area contributed by atoms with Crippen LogP contribution in [-0.4, -0.2) is 28.5 Å². The van der Waals surface area contributed by atoms with Crippen molar-refractivity contribution >= 4 is 29.5 Å². The molecule has 0 bridgehead atoms. The van der Waals surface area contributed by atoms with E-state index in [0.717, 1.165) is 31.1 Å². The van der Waals surface area contributed by atoms with Crippen LogP contribution in [0.3, 0.4) is 0 Å². The van der Waals surface area contributed by atoms with E-state index in [4.69, 9.17) is 16.6 Å². The summed E-state index contributed by atoms with van der Waals surface area (Å²) in [5.74, 6) is 0.169. The molecule has 1 spiro atoms. The number of rotatable bonds is 5. The summed E-state index contributed by atoms with van der Waals surface area (Å²) in [6.45, 7) is 6.48. The molecule has 3 unspecified atom stereocenters. The Kier molecular flexibility index (Phi) is 6.22. The molecule has 168 valence electrons. The third kappa shape index (κ3) is 3.99. The second kappa shape index (κ2) is 8.78. The molecular formula is C26H28ClFN2O2. The van der Waals surface area contributed by atoms with Crippen LogP contribution in [0.25, 0.3) is 0 Å². The molecule has 4 rings (SSSR count). The van der Waals surface area contributed by atoms with Gasteiger partial charge in [-0.3, -0.25) is 14.6 Å². The minimum atomic E-state index is -0.644. The molecule has 0 radical (unpaired) electrons.